The first-order chi connectivity index (χ1) is 15.8. The monoisotopic (exact) mass is 421 g/mol. The van der Waals surface area contributed by atoms with Gasteiger partial charge in [0.15, 0.2) is 5.76 Å². The lowest BCUT2D eigenvalue weighted by molar-refractivity contribution is 0.413. The molecule has 1 aliphatic rings. The zero-order valence-corrected chi connectivity index (χ0v) is 18.3. The minimum Gasteiger partial charge on any atom is -0.497 e. The van der Waals surface area contributed by atoms with Crippen LogP contribution in [0.5, 0.6) is 5.75 Å². The summed E-state index contributed by atoms with van der Waals surface area (Å²) in [4.78, 5) is 4.95. The van der Waals surface area contributed by atoms with Crippen molar-refractivity contribution in [2.75, 3.05) is 7.11 Å². The van der Waals surface area contributed by atoms with E-state index in [1.54, 1.807) is 7.11 Å². The average molecular weight is 422 g/mol. The molecule has 1 heterocycles. The third-order valence-corrected chi connectivity index (χ3v) is 6.19. The van der Waals surface area contributed by atoms with Crippen LogP contribution in [0.3, 0.4) is 0 Å². The third-order valence-electron chi connectivity index (χ3n) is 6.19. The number of rotatable bonds is 5. The second-order valence-electron chi connectivity index (χ2n) is 8.26. The molecular formula is C29H27NO2. The van der Waals surface area contributed by atoms with Gasteiger partial charge in [0.25, 0.3) is 0 Å². The summed E-state index contributed by atoms with van der Waals surface area (Å²) >= 11 is 0. The number of oxazole rings is 1. The molecule has 1 unspecified atom stereocenters. The Hall–Kier alpha value is -3.59. The highest BCUT2D eigenvalue weighted by Gasteiger charge is 2.23. The minimum absolute atomic E-state index is 0.367. The van der Waals surface area contributed by atoms with Crippen LogP contribution >= 0.6 is 0 Å². The van der Waals surface area contributed by atoms with Gasteiger partial charge in [-0.3, -0.25) is 0 Å². The van der Waals surface area contributed by atoms with Gasteiger partial charge in [0, 0.05) is 23.1 Å². The van der Waals surface area contributed by atoms with E-state index < -0.39 is 0 Å². The molecule has 1 aromatic heterocycles. The fourth-order valence-corrected chi connectivity index (χ4v) is 4.58. The highest BCUT2D eigenvalue weighted by Crippen LogP contribution is 2.40. The molecule has 1 aliphatic carbocycles. The fraction of sp³-hybridized carbons (Fsp3) is 0.207. The van der Waals surface area contributed by atoms with E-state index in [1.807, 2.05) is 42.5 Å². The molecule has 160 valence electrons. The molecule has 3 aromatic carbocycles. The number of ether oxygens (including phenoxy) is 1. The van der Waals surface area contributed by atoms with E-state index in [4.69, 9.17) is 14.1 Å². The topological polar surface area (TPSA) is 35.3 Å². The van der Waals surface area contributed by atoms with Gasteiger partial charge in [-0.2, -0.15) is 0 Å². The van der Waals surface area contributed by atoms with Gasteiger partial charge in [0.05, 0.1) is 7.11 Å². The summed E-state index contributed by atoms with van der Waals surface area (Å²) in [6, 6.07) is 28.9. The predicted octanol–water partition coefficient (Wildman–Crippen LogP) is 7.76. The summed E-state index contributed by atoms with van der Waals surface area (Å²) in [5, 5.41) is 0. The lowest BCUT2D eigenvalue weighted by Crippen LogP contribution is -2.08. The first-order valence-corrected chi connectivity index (χ1v) is 11.3. The van der Waals surface area contributed by atoms with Gasteiger partial charge in [-0.25, -0.2) is 4.98 Å². The molecule has 0 radical (unpaired) electrons. The Morgan fingerprint density at radius 3 is 2.38 bits per heavy atom. The van der Waals surface area contributed by atoms with Crippen molar-refractivity contribution >= 4 is 6.08 Å². The molecule has 1 atom stereocenters. The Labute approximate surface area is 189 Å². The first-order valence-electron chi connectivity index (χ1n) is 11.3. The number of hydrogen-bond acceptors (Lipinski definition) is 3. The molecule has 0 saturated heterocycles. The summed E-state index contributed by atoms with van der Waals surface area (Å²) in [5.74, 6) is 2.76. The summed E-state index contributed by atoms with van der Waals surface area (Å²) in [5.41, 5.74) is 5.67. The number of benzene rings is 3. The summed E-state index contributed by atoms with van der Waals surface area (Å²) in [6.07, 6.45) is 6.80. The minimum atomic E-state index is 0.367. The Bertz CT molecular complexity index is 1150. The summed E-state index contributed by atoms with van der Waals surface area (Å²) < 4.78 is 11.8. The van der Waals surface area contributed by atoms with Gasteiger partial charge in [-0.05, 0) is 37.0 Å². The maximum atomic E-state index is 6.37. The van der Waals surface area contributed by atoms with Crippen LogP contribution in [0.25, 0.3) is 28.7 Å². The van der Waals surface area contributed by atoms with Crippen LogP contribution in [-0.2, 0) is 0 Å². The van der Waals surface area contributed by atoms with Crippen molar-refractivity contribution < 1.29 is 9.15 Å². The van der Waals surface area contributed by atoms with Crippen molar-refractivity contribution in [2.24, 2.45) is 0 Å². The second kappa shape index (κ2) is 9.27. The number of hydrogen-bond donors (Lipinski definition) is 0. The van der Waals surface area contributed by atoms with Gasteiger partial charge in [-0.15, -0.1) is 0 Å². The number of allylic oxidation sites excluding steroid dienone is 1. The molecule has 0 aliphatic heterocycles. The van der Waals surface area contributed by atoms with Gasteiger partial charge < -0.3 is 9.15 Å². The van der Waals surface area contributed by atoms with Gasteiger partial charge in [0.2, 0.25) is 5.89 Å². The van der Waals surface area contributed by atoms with E-state index >= 15 is 0 Å². The number of methoxy groups -OCH3 is 1. The third kappa shape index (κ3) is 4.24. The van der Waals surface area contributed by atoms with Crippen molar-refractivity contribution in [3.63, 3.8) is 0 Å². The Balaban J connectivity index is 1.57. The Morgan fingerprint density at radius 2 is 1.62 bits per heavy atom. The maximum absolute atomic E-state index is 6.37. The van der Waals surface area contributed by atoms with Crippen molar-refractivity contribution in [1.82, 2.24) is 4.98 Å². The van der Waals surface area contributed by atoms with Crippen LogP contribution in [0.15, 0.2) is 94.9 Å². The highest BCUT2D eigenvalue weighted by atomic mass is 16.5. The normalized spacial score (nSPS) is 17.4. The Morgan fingerprint density at radius 1 is 0.875 bits per heavy atom. The van der Waals surface area contributed by atoms with Gasteiger partial charge in [0.1, 0.15) is 11.4 Å². The van der Waals surface area contributed by atoms with Crippen molar-refractivity contribution in [1.29, 1.82) is 0 Å². The second-order valence-corrected chi connectivity index (χ2v) is 8.26. The zero-order valence-electron chi connectivity index (χ0n) is 18.3. The largest absolute Gasteiger partial charge is 0.497 e. The smallest absolute Gasteiger partial charge is 0.220 e. The molecular weight excluding hydrogens is 394 g/mol. The standard InChI is InChI=1S/C29H27NO2/c1-31-25-17-10-16-23(19-25)26-18-9-8-15-24(26)20-27-30-28(21-11-4-2-5-12-21)29(32-27)22-13-6-3-7-14-22/h2-7,10-14,16-17,19-20,26H,8-9,15,18H2,1H3/b24-20-. The van der Waals surface area contributed by atoms with E-state index in [-0.39, 0.29) is 0 Å². The SMILES string of the molecule is COc1cccc(C2CCCC/C2=C/c2nc(-c3ccccc3)c(-c3ccccc3)o2)c1. The first kappa shape index (κ1) is 20.3. The molecule has 0 N–H and O–H groups in total. The maximum Gasteiger partial charge on any atom is 0.220 e. The van der Waals surface area contributed by atoms with E-state index in [9.17, 15) is 0 Å². The summed E-state index contributed by atoms with van der Waals surface area (Å²) in [7, 11) is 1.72. The average Bonchev–Trinajstić information content (AvgIpc) is 3.29. The molecule has 0 spiro atoms. The molecule has 32 heavy (non-hydrogen) atoms. The van der Waals surface area contributed by atoms with Crippen molar-refractivity contribution in [3.8, 4) is 28.3 Å². The van der Waals surface area contributed by atoms with Crippen LogP contribution in [0.4, 0.5) is 0 Å². The molecule has 5 rings (SSSR count). The van der Waals surface area contributed by atoms with E-state index in [0.717, 1.165) is 41.2 Å². The van der Waals surface area contributed by atoms with Crippen LogP contribution < -0.4 is 4.74 Å². The van der Waals surface area contributed by atoms with Gasteiger partial charge in [-0.1, -0.05) is 84.8 Å². The van der Waals surface area contributed by atoms with Crippen LogP contribution in [0.1, 0.15) is 43.1 Å². The van der Waals surface area contributed by atoms with Crippen LogP contribution in [0, 0.1) is 0 Å². The highest BCUT2D eigenvalue weighted by molar-refractivity contribution is 5.77. The quantitative estimate of drug-likeness (QED) is 0.330. The lowest BCUT2D eigenvalue weighted by Gasteiger charge is -2.26. The van der Waals surface area contributed by atoms with Crippen molar-refractivity contribution in [2.45, 2.75) is 31.6 Å². The molecule has 0 amide bonds. The predicted molar refractivity (Wildman–Crippen MR) is 130 cm³/mol. The zero-order chi connectivity index (χ0) is 21.8. The molecule has 4 aromatic rings. The van der Waals surface area contributed by atoms with Crippen molar-refractivity contribution in [3.05, 3.63) is 102 Å². The molecule has 3 heteroatoms. The molecule has 1 saturated carbocycles. The molecule has 3 nitrogen and oxygen atoms in total. The van der Waals surface area contributed by atoms with E-state index in [0.29, 0.717) is 11.8 Å². The summed E-state index contributed by atoms with van der Waals surface area (Å²) in [6.45, 7) is 0. The lowest BCUT2D eigenvalue weighted by atomic mass is 9.79. The number of nitrogens with zero attached hydrogens (tertiary/aromatic N) is 1. The number of aromatic nitrogens is 1. The van der Waals surface area contributed by atoms with Crippen LogP contribution in [-0.4, -0.2) is 12.1 Å². The van der Waals surface area contributed by atoms with Gasteiger partial charge >= 0.3 is 0 Å². The Kier molecular flexibility index (Phi) is 5.89. The molecule has 0 bridgehead atoms. The van der Waals surface area contributed by atoms with E-state index in [1.165, 1.54) is 24.0 Å². The van der Waals surface area contributed by atoms with E-state index in [2.05, 4.69) is 48.5 Å². The fourth-order valence-electron chi connectivity index (χ4n) is 4.58. The van der Waals surface area contributed by atoms with Crippen LogP contribution in [0.2, 0.25) is 0 Å². The molecule has 1 fully saturated rings.